The van der Waals surface area contributed by atoms with Crippen LogP contribution in [0.2, 0.25) is 0 Å². The third-order valence-corrected chi connectivity index (χ3v) is 5.36. The number of hydrogen-bond donors (Lipinski definition) is 1. The van der Waals surface area contributed by atoms with Crippen molar-refractivity contribution in [3.05, 3.63) is 71.8 Å². The maximum atomic E-state index is 12.6. The number of nitrogens with one attached hydrogen (secondary N) is 1. The molecule has 1 fully saturated rings. The summed E-state index contributed by atoms with van der Waals surface area (Å²) in [5.74, 6) is -0.198. The lowest BCUT2D eigenvalue weighted by atomic mass is 9.95. The molecule has 31 heavy (non-hydrogen) atoms. The Balaban J connectivity index is 1.46. The van der Waals surface area contributed by atoms with Gasteiger partial charge in [-0.05, 0) is 49.1 Å². The topological polar surface area (TPSA) is 58.6 Å². The van der Waals surface area contributed by atoms with E-state index in [2.05, 4.69) is 10.1 Å². The van der Waals surface area contributed by atoms with Crippen LogP contribution in [-0.2, 0) is 9.59 Å². The lowest BCUT2D eigenvalue weighted by Crippen LogP contribution is -2.43. The summed E-state index contributed by atoms with van der Waals surface area (Å²) in [5.41, 5.74) is 1.77. The van der Waals surface area contributed by atoms with E-state index in [0.717, 1.165) is 11.1 Å². The van der Waals surface area contributed by atoms with Crippen molar-refractivity contribution in [2.75, 3.05) is 13.1 Å². The van der Waals surface area contributed by atoms with Crippen molar-refractivity contribution in [1.29, 1.82) is 0 Å². The minimum atomic E-state index is -2.87. The van der Waals surface area contributed by atoms with E-state index in [1.54, 1.807) is 29.2 Å². The molecular weight excluding hydrogens is 402 g/mol. The molecule has 0 aromatic heterocycles. The van der Waals surface area contributed by atoms with E-state index < -0.39 is 6.61 Å². The first kappa shape index (κ1) is 22.5. The van der Waals surface area contributed by atoms with Crippen LogP contribution in [0.15, 0.2) is 60.7 Å². The van der Waals surface area contributed by atoms with Gasteiger partial charge in [-0.1, -0.05) is 42.5 Å². The number of alkyl halides is 2. The summed E-state index contributed by atoms with van der Waals surface area (Å²) >= 11 is 0. The number of ether oxygens (including phenoxy) is 1. The summed E-state index contributed by atoms with van der Waals surface area (Å²) in [6.07, 6.45) is 4.56. The molecule has 1 heterocycles. The molecule has 0 aliphatic carbocycles. The molecule has 1 N–H and O–H groups in total. The fourth-order valence-electron chi connectivity index (χ4n) is 3.55. The van der Waals surface area contributed by atoms with E-state index in [1.807, 2.05) is 37.3 Å². The van der Waals surface area contributed by atoms with Crippen LogP contribution < -0.4 is 10.1 Å². The van der Waals surface area contributed by atoms with Gasteiger partial charge in [-0.3, -0.25) is 9.59 Å². The van der Waals surface area contributed by atoms with Gasteiger partial charge in [-0.25, -0.2) is 0 Å². The van der Waals surface area contributed by atoms with E-state index in [-0.39, 0.29) is 29.5 Å². The number of carbonyl (C=O) groups is 2. The lowest BCUT2D eigenvalue weighted by molar-refractivity contribution is -0.132. The minimum absolute atomic E-state index is 0.0535. The molecule has 2 aromatic carbocycles. The van der Waals surface area contributed by atoms with Gasteiger partial charge in [0.25, 0.3) is 0 Å². The van der Waals surface area contributed by atoms with Gasteiger partial charge in [0.15, 0.2) is 0 Å². The molecule has 164 valence electrons. The van der Waals surface area contributed by atoms with Crippen molar-refractivity contribution in [3.63, 3.8) is 0 Å². The van der Waals surface area contributed by atoms with Gasteiger partial charge in [0.2, 0.25) is 11.8 Å². The molecule has 1 aliphatic rings. The first-order valence-electron chi connectivity index (χ1n) is 10.3. The summed E-state index contributed by atoms with van der Waals surface area (Å²) in [6.45, 7) is 0.0387. The third-order valence-electron chi connectivity index (χ3n) is 5.36. The van der Waals surface area contributed by atoms with Crippen molar-refractivity contribution >= 4 is 17.9 Å². The molecule has 0 bridgehead atoms. The quantitative estimate of drug-likeness (QED) is 0.665. The highest BCUT2D eigenvalue weighted by Gasteiger charge is 2.27. The van der Waals surface area contributed by atoms with Crippen LogP contribution in [0.25, 0.3) is 6.08 Å². The smallest absolute Gasteiger partial charge is 0.387 e. The largest absolute Gasteiger partial charge is 0.435 e. The number of benzene rings is 2. The standard InChI is InChI=1S/C24H26F2N2O3/c1-17(19-8-10-21(11-9-19)31-24(25)26)27-23(30)20-13-15-28(16-14-20)22(29)12-7-18-5-3-2-4-6-18/h2-12,17,20,24H,13-16H2,1H3,(H,27,30)/b12-7+. The maximum absolute atomic E-state index is 12.6. The number of likely N-dealkylation sites (tertiary alicyclic amines) is 1. The van der Waals surface area contributed by atoms with Crippen LogP contribution in [-0.4, -0.2) is 36.4 Å². The fraction of sp³-hybridized carbons (Fsp3) is 0.333. The molecule has 1 saturated heterocycles. The Labute approximate surface area is 180 Å². The number of halogens is 2. The number of piperidine rings is 1. The summed E-state index contributed by atoms with van der Waals surface area (Å²) in [7, 11) is 0. The van der Waals surface area contributed by atoms with Crippen molar-refractivity contribution in [2.45, 2.75) is 32.4 Å². The van der Waals surface area contributed by atoms with Crippen molar-refractivity contribution in [2.24, 2.45) is 5.92 Å². The molecule has 0 radical (unpaired) electrons. The SMILES string of the molecule is CC(NC(=O)C1CCN(C(=O)/C=C/c2ccccc2)CC1)c1ccc(OC(F)F)cc1. The van der Waals surface area contributed by atoms with E-state index >= 15 is 0 Å². The first-order valence-corrected chi connectivity index (χ1v) is 10.3. The molecule has 5 nitrogen and oxygen atoms in total. The highest BCUT2D eigenvalue weighted by molar-refractivity contribution is 5.92. The maximum Gasteiger partial charge on any atom is 0.387 e. The Bertz CT molecular complexity index is 893. The average molecular weight is 428 g/mol. The highest BCUT2D eigenvalue weighted by Crippen LogP contribution is 2.22. The molecule has 1 unspecified atom stereocenters. The Morgan fingerprint density at radius 3 is 2.32 bits per heavy atom. The van der Waals surface area contributed by atoms with E-state index in [9.17, 15) is 18.4 Å². The minimum Gasteiger partial charge on any atom is -0.435 e. The molecule has 3 rings (SSSR count). The Hall–Kier alpha value is -3.22. The molecular formula is C24H26F2N2O3. The average Bonchev–Trinajstić information content (AvgIpc) is 2.78. The Kier molecular flexibility index (Phi) is 7.76. The Morgan fingerprint density at radius 2 is 1.71 bits per heavy atom. The highest BCUT2D eigenvalue weighted by atomic mass is 19.3. The monoisotopic (exact) mass is 428 g/mol. The van der Waals surface area contributed by atoms with Crippen LogP contribution in [0.1, 0.15) is 36.9 Å². The van der Waals surface area contributed by atoms with Crippen molar-refractivity contribution < 1.29 is 23.1 Å². The fourth-order valence-corrected chi connectivity index (χ4v) is 3.55. The number of rotatable bonds is 7. The van der Waals surface area contributed by atoms with Crippen LogP contribution >= 0.6 is 0 Å². The normalized spacial score (nSPS) is 15.8. The number of amides is 2. The van der Waals surface area contributed by atoms with Crippen LogP contribution in [0.5, 0.6) is 5.75 Å². The van der Waals surface area contributed by atoms with Gasteiger partial charge in [0.1, 0.15) is 5.75 Å². The van der Waals surface area contributed by atoms with Crippen molar-refractivity contribution in [3.8, 4) is 5.75 Å². The molecule has 2 amide bonds. The van der Waals surface area contributed by atoms with E-state index in [1.165, 1.54) is 12.1 Å². The molecule has 0 spiro atoms. The summed E-state index contributed by atoms with van der Waals surface area (Å²) in [4.78, 5) is 26.8. The summed E-state index contributed by atoms with van der Waals surface area (Å²) in [5, 5.41) is 2.97. The number of carbonyl (C=O) groups excluding carboxylic acids is 2. The molecule has 0 saturated carbocycles. The molecule has 2 aromatic rings. The number of nitrogens with zero attached hydrogens (tertiary/aromatic N) is 1. The van der Waals surface area contributed by atoms with Crippen LogP contribution in [0.4, 0.5) is 8.78 Å². The lowest BCUT2D eigenvalue weighted by Gasteiger charge is -2.31. The summed E-state index contributed by atoms with van der Waals surface area (Å²) in [6, 6.07) is 15.6. The third kappa shape index (κ3) is 6.64. The van der Waals surface area contributed by atoms with Gasteiger partial charge in [0, 0.05) is 25.1 Å². The zero-order valence-electron chi connectivity index (χ0n) is 17.3. The van der Waals surface area contributed by atoms with Crippen LogP contribution in [0.3, 0.4) is 0 Å². The van der Waals surface area contributed by atoms with Gasteiger partial charge >= 0.3 is 6.61 Å². The molecule has 1 aliphatic heterocycles. The van der Waals surface area contributed by atoms with Crippen molar-refractivity contribution in [1.82, 2.24) is 10.2 Å². The predicted molar refractivity (Wildman–Crippen MR) is 114 cm³/mol. The molecule has 7 heteroatoms. The van der Waals surface area contributed by atoms with Crippen LogP contribution in [0, 0.1) is 5.92 Å². The zero-order valence-corrected chi connectivity index (χ0v) is 17.3. The second-order valence-electron chi connectivity index (χ2n) is 7.52. The Morgan fingerprint density at radius 1 is 1.06 bits per heavy atom. The second kappa shape index (κ2) is 10.7. The second-order valence-corrected chi connectivity index (χ2v) is 7.52. The van der Waals surface area contributed by atoms with Gasteiger partial charge < -0.3 is 15.0 Å². The van der Waals surface area contributed by atoms with Gasteiger partial charge in [0.05, 0.1) is 6.04 Å². The van der Waals surface area contributed by atoms with Gasteiger partial charge in [-0.2, -0.15) is 8.78 Å². The number of hydrogen-bond acceptors (Lipinski definition) is 3. The molecule has 1 atom stereocenters. The zero-order chi connectivity index (χ0) is 22.2. The first-order chi connectivity index (χ1) is 14.9. The summed E-state index contributed by atoms with van der Waals surface area (Å²) < 4.78 is 28.8. The predicted octanol–water partition coefficient (Wildman–Crippen LogP) is 4.42. The van der Waals surface area contributed by atoms with Gasteiger partial charge in [-0.15, -0.1) is 0 Å². The van der Waals surface area contributed by atoms with E-state index in [0.29, 0.717) is 25.9 Å². The van der Waals surface area contributed by atoms with E-state index in [4.69, 9.17) is 0 Å².